The van der Waals surface area contributed by atoms with Gasteiger partial charge in [0.1, 0.15) is 0 Å². The van der Waals surface area contributed by atoms with Gasteiger partial charge in [-0.15, -0.1) is 0 Å². The van der Waals surface area contributed by atoms with Crippen LogP contribution < -0.4 is 10.6 Å². The molecule has 1 aliphatic rings. The summed E-state index contributed by atoms with van der Waals surface area (Å²) in [6, 6.07) is 16.6. The molecule has 146 valence electrons. The van der Waals surface area contributed by atoms with Crippen molar-refractivity contribution in [3.8, 4) is 0 Å². The van der Waals surface area contributed by atoms with Crippen molar-refractivity contribution in [1.29, 1.82) is 0 Å². The molecular weight excluding hydrogens is 348 g/mol. The molecule has 4 nitrogen and oxygen atoms in total. The molecule has 0 fully saturated rings. The number of rotatable bonds is 7. The van der Waals surface area contributed by atoms with Crippen molar-refractivity contribution in [3.63, 3.8) is 0 Å². The van der Waals surface area contributed by atoms with Crippen LogP contribution in [0.3, 0.4) is 0 Å². The lowest BCUT2D eigenvalue weighted by Gasteiger charge is -2.14. The number of carbonyl (C=O) groups excluding carboxylic acids is 2. The highest BCUT2D eigenvalue weighted by Crippen LogP contribution is 2.19. The molecule has 1 aliphatic carbocycles. The van der Waals surface area contributed by atoms with E-state index in [2.05, 4.69) is 16.7 Å². The molecule has 4 heteroatoms. The van der Waals surface area contributed by atoms with Crippen LogP contribution >= 0.6 is 0 Å². The maximum Gasteiger partial charge on any atom is 0.251 e. The third-order valence-electron chi connectivity index (χ3n) is 5.17. The summed E-state index contributed by atoms with van der Waals surface area (Å²) in [5.41, 5.74) is 3.63. The van der Waals surface area contributed by atoms with Gasteiger partial charge in [-0.2, -0.15) is 0 Å². The van der Waals surface area contributed by atoms with Gasteiger partial charge in [-0.1, -0.05) is 42.0 Å². The van der Waals surface area contributed by atoms with Gasteiger partial charge >= 0.3 is 0 Å². The number of carbonyl (C=O) groups is 2. The Balaban J connectivity index is 1.50. The molecule has 0 aromatic heterocycles. The Morgan fingerprint density at radius 1 is 0.929 bits per heavy atom. The van der Waals surface area contributed by atoms with E-state index >= 15 is 0 Å². The summed E-state index contributed by atoms with van der Waals surface area (Å²) in [5, 5.41) is 5.95. The Kier molecular flexibility index (Phi) is 7.01. The largest absolute Gasteiger partial charge is 0.352 e. The van der Waals surface area contributed by atoms with Gasteiger partial charge < -0.3 is 10.6 Å². The van der Waals surface area contributed by atoms with Crippen LogP contribution in [-0.4, -0.2) is 18.4 Å². The highest BCUT2D eigenvalue weighted by Gasteiger charge is 2.12. The Morgan fingerprint density at radius 2 is 1.61 bits per heavy atom. The van der Waals surface area contributed by atoms with Gasteiger partial charge in [-0.25, -0.2) is 0 Å². The Bertz CT molecular complexity index is 825. The summed E-state index contributed by atoms with van der Waals surface area (Å²) in [6.45, 7) is 2.61. The Morgan fingerprint density at radius 3 is 2.25 bits per heavy atom. The van der Waals surface area contributed by atoms with E-state index in [0.29, 0.717) is 17.7 Å². The summed E-state index contributed by atoms with van der Waals surface area (Å²) in [6.07, 6.45) is 8.08. The normalized spacial score (nSPS) is 14.7. The quantitative estimate of drug-likeness (QED) is 0.682. The molecule has 2 amide bonds. The minimum absolute atomic E-state index is 0.0780. The molecule has 3 rings (SSSR count). The smallest absolute Gasteiger partial charge is 0.251 e. The van der Waals surface area contributed by atoms with E-state index in [1.54, 1.807) is 24.3 Å². The molecule has 2 N–H and O–H groups in total. The van der Waals surface area contributed by atoms with Crippen molar-refractivity contribution in [3.05, 3.63) is 82.9 Å². The maximum absolute atomic E-state index is 12.4. The fraction of sp³-hybridized carbons (Fsp3) is 0.333. The van der Waals surface area contributed by atoms with Gasteiger partial charge in [0.2, 0.25) is 0 Å². The van der Waals surface area contributed by atoms with Gasteiger partial charge in [-0.3, -0.25) is 9.59 Å². The van der Waals surface area contributed by atoms with E-state index < -0.39 is 0 Å². The zero-order valence-corrected chi connectivity index (χ0v) is 16.4. The first-order valence-corrected chi connectivity index (χ1v) is 10.1. The minimum Gasteiger partial charge on any atom is -0.352 e. The van der Waals surface area contributed by atoms with Gasteiger partial charge in [0, 0.05) is 17.7 Å². The Hall–Kier alpha value is -2.88. The summed E-state index contributed by atoms with van der Waals surface area (Å²) in [7, 11) is 0. The van der Waals surface area contributed by atoms with Gasteiger partial charge in [0.15, 0.2) is 0 Å². The maximum atomic E-state index is 12.4. The lowest BCUT2D eigenvalue weighted by molar-refractivity contribution is 0.0933. The Labute approximate surface area is 167 Å². The SMILES string of the molecule is CC(NC(=O)c1ccc(C(=O)NCCC2=CCCCC2)cc1)c1ccccc1. The molecule has 28 heavy (non-hydrogen) atoms. The fourth-order valence-corrected chi connectivity index (χ4v) is 3.45. The van der Waals surface area contributed by atoms with Crippen molar-refractivity contribution in [2.45, 2.75) is 45.1 Å². The first-order chi connectivity index (χ1) is 13.6. The van der Waals surface area contributed by atoms with Crippen LogP contribution in [0.15, 0.2) is 66.2 Å². The average molecular weight is 377 g/mol. The molecular formula is C24H28N2O2. The van der Waals surface area contributed by atoms with Crippen LogP contribution in [0.25, 0.3) is 0 Å². The monoisotopic (exact) mass is 376 g/mol. The summed E-state index contributed by atoms with van der Waals surface area (Å²) in [5.74, 6) is -0.242. The van der Waals surface area contributed by atoms with Crippen molar-refractivity contribution in [2.24, 2.45) is 0 Å². The van der Waals surface area contributed by atoms with Crippen LogP contribution in [0.4, 0.5) is 0 Å². The number of amides is 2. The van der Waals surface area contributed by atoms with E-state index in [9.17, 15) is 9.59 Å². The van der Waals surface area contributed by atoms with Crippen LogP contribution in [0.1, 0.15) is 71.3 Å². The van der Waals surface area contributed by atoms with E-state index in [1.165, 1.54) is 18.4 Å². The number of benzene rings is 2. The topological polar surface area (TPSA) is 58.2 Å². The summed E-state index contributed by atoms with van der Waals surface area (Å²) in [4.78, 5) is 24.7. The molecule has 1 atom stereocenters. The number of hydrogen-bond donors (Lipinski definition) is 2. The molecule has 0 spiro atoms. The number of hydrogen-bond acceptors (Lipinski definition) is 2. The molecule has 0 saturated heterocycles. The minimum atomic E-state index is -0.146. The summed E-state index contributed by atoms with van der Waals surface area (Å²) >= 11 is 0. The summed E-state index contributed by atoms with van der Waals surface area (Å²) < 4.78 is 0. The average Bonchev–Trinajstić information content (AvgIpc) is 2.75. The van der Waals surface area contributed by atoms with Crippen LogP contribution in [0.5, 0.6) is 0 Å². The zero-order valence-electron chi connectivity index (χ0n) is 16.4. The third kappa shape index (κ3) is 5.56. The lowest BCUT2D eigenvalue weighted by Crippen LogP contribution is -2.27. The molecule has 1 unspecified atom stereocenters. The van der Waals surface area contributed by atoms with Crippen LogP contribution in [0, 0.1) is 0 Å². The van der Waals surface area contributed by atoms with Gasteiger partial charge in [0.05, 0.1) is 6.04 Å². The van der Waals surface area contributed by atoms with Crippen molar-refractivity contribution in [2.75, 3.05) is 6.54 Å². The molecule has 2 aromatic carbocycles. The first kappa shape index (κ1) is 19.9. The van der Waals surface area contributed by atoms with Crippen molar-refractivity contribution >= 4 is 11.8 Å². The second-order valence-electron chi connectivity index (χ2n) is 7.30. The predicted molar refractivity (Wildman–Crippen MR) is 112 cm³/mol. The predicted octanol–water partition coefficient (Wildman–Crippen LogP) is 4.80. The lowest BCUT2D eigenvalue weighted by atomic mass is 9.97. The van der Waals surface area contributed by atoms with E-state index in [1.807, 2.05) is 37.3 Å². The fourth-order valence-electron chi connectivity index (χ4n) is 3.45. The molecule has 0 bridgehead atoms. The zero-order chi connectivity index (χ0) is 19.8. The second kappa shape index (κ2) is 9.88. The van der Waals surface area contributed by atoms with E-state index in [-0.39, 0.29) is 17.9 Å². The highest BCUT2D eigenvalue weighted by molar-refractivity contribution is 5.97. The van der Waals surface area contributed by atoms with E-state index in [0.717, 1.165) is 24.8 Å². The second-order valence-corrected chi connectivity index (χ2v) is 7.30. The van der Waals surface area contributed by atoms with Crippen LogP contribution in [-0.2, 0) is 0 Å². The number of allylic oxidation sites excluding steroid dienone is 1. The van der Waals surface area contributed by atoms with Crippen molar-refractivity contribution < 1.29 is 9.59 Å². The molecule has 2 aromatic rings. The molecule has 0 heterocycles. The van der Waals surface area contributed by atoms with E-state index in [4.69, 9.17) is 0 Å². The first-order valence-electron chi connectivity index (χ1n) is 10.1. The number of nitrogens with one attached hydrogen (secondary N) is 2. The molecule has 0 saturated carbocycles. The van der Waals surface area contributed by atoms with Crippen LogP contribution in [0.2, 0.25) is 0 Å². The van der Waals surface area contributed by atoms with Gasteiger partial charge in [-0.05, 0) is 68.9 Å². The third-order valence-corrected chi connectivity index (χ3v) is 5.17. The van der Waals surface area contributed by atoms with Crippen molar-refractivity contribution in [1.82, 2.24) is 10.6 Å². The van der Waals surface area contributed by atoms with Gasteiger partial charge in [0.25, 0.3) is 11.8 Å². The molecule has 0 radical (unpaired) electrons. The molecule has 0 aliphatic heterocycles. The highest BCUT2D eigenvalue weighted by atomic mass is 16.2. The standard InChI is InChI=1S/C24H28N2O2/c1-18(20-10-6-3-7-11-20)26-24(28)22-14-12-21(13-15-22)23(27)25-17-16-19-8-4-2-5-9-19/h3,6-8,10-15,18H,2,4-5,9,16-17H2,1H3,(H,25,27)(H,26,28).